The molecule has 2 aromatic rings. The quantitative estimate of drug-likeness (QED) is 0.612. The summed E-state index contributed by atoms with van der Waals surface area (Å²) in [6, 6.07) is 10.4. The lowest BCUT2D eigenvalue weighted by atomic mass is 10.0. The van der Waals surface area contributed by atoms with Crippen LogP contribution in [-0.4, -0.2) is 29.3 Å². The van der Waals surface area contributed by atoms with Gasteiger partial charge in [-0.2, -0.15) is 0 Å². The molecule has 8 heteroatoms. The van der Waals surface area contributed by atoms with Gasteiger partial charge in [0.15, 0.2) is 0 Å². The smallest absolute Gasteiger partial charge is 0.269 e. The Bertz CT molecular complexity index is 945. The second kappa shape index (κ2) is 7.98. The van der Waals surface area contributed by atoms with Crippen LogP contribution in [0.15, 0.2) is 42.5 Å². The predicted molar refractivity (Wildman–Crippen MR) is 107 cm³/mol. The van der Waals surface area contributed by atoms with Crippen LogP contribution in [0.1, 0.15) is 29.8 Å². The lowest BCUT2D eigenvalue weighted by Gasteiger charge is -2.27. The number of hydrogen-bond donors (Lipinski definition) is 1. The van der Waals surface area contributed by atoms with E-state index in [4.69, 9.17) is 11.6 Å². The van der Waals surface area contributed by atoms with Crippen molar-refractivity contribution in [2.75, 3.05) is 11.4 Å². The Balaban J connectivity index is 1.83. The highest BCUT2D eigenvalue weighted by Gasteiger charge is 2.34. The highest BCUT2D eigenvalue weighted by molar-refractivity contribution is 6.33. The zero-order chi connectivity index (χ0) is 20.4. The molecule has 146 valence electrons. The molecule has 0 aromatic heterocycles. The number of nitro benzene ring substituents is 1. The van der Waals surface area contributed by atoms with Crippen molar-refractivity contribution in [3.05, 3.63) is 68.7 Å². The predicted octanol–water partition coefficient (Wildman–Crippen LogP) is 3.59. The Morgan fingerprint density at radius 2 is 1.93 bits per heavy atom. The van der Waals surface area contributed by atoms with Gasteiger partial charge < -0.3 is 10.2 Å². The molecule has 0 bridgehead atoms. The van der Waals surface area contributed by atoms with Gasteiger partial charge in [-0.05, 0) is 36.1 Å². The van der Waals surface area contributed by atoms with Crippen molar-refractivity contribution in [1.82, 2.24) is 5.32 Å². The summed E-state index contributed by atoms with van der Waals surface area (Å²) in [7, 11) is 0. The first-order valence-corrected chi connectivity index (χ1v) is 9.31. The van der Waals surface area contributed by atoms with Crippen molar-refractivity contribution in [1.29, 1.82) is 0 Å². The number of halogens is 1. The fraction of sp³-hybridized carbons (Fsp3) is 0.300. The number of amides is 2. The number of nitrogens with one attached hydrogen (secondary N) is 1. The number of fused-ring (bicyclic) bond motifs is 1. The van der Waals surface area contributed by atoms with E-state index in [1.807, 2.05) is 13.8 Å². The second-order valence-corrected chi connectivity index (χ2v) is 7.39. The van der Waals surface area contributed by atoms with Crippen molar-refractivity contribution >= 4 is 34.8 Å². The largest absolute Gasteiger partial charge is 0.340 e. The molecule has 0 saturated heterocycles. The lowest BCUT2D eigenvalue weighted by Crippen LogP contribution is -2.51. The van der Waals surface area contributed by atoms with E-state index in [2.05, 4.69) is 5.32 Å². The molecule has 0 radical (unpaired) electrons. The molecule has 28 heavy (non-hydrogen) atoms. The Morgan fingerprint density at radius 1 is 1.21 bits per heavy atom. The van der Waals surface area contributed by atoms with E-state index in [1.54, 1.807) is 35.2 Å². The SMILES string of the molecule is CC(C)[C@H](NC(=O)c1ccccc1Cl)C(=O)N1CCc2cc([N+](=O)[O-])ccc21. The first-order valence-electron chi connectivity index (χ1n) is 8.93. The fourth-order valence-corrected chi connectivity index (χ4v) is 3.50. The number of anilines is 1. The van der Waals surface area contributed by atoms with Crippen LogP contribution in [0.4, 0.5) is 11.4 Å². The third-order valence-corrected chi connectivity index (χ3v) is 5.10. The number of carbonyl (C=O) groups is 2. The standard InChI is InChI=1S/C20H20ClN3O4/c1-12(2)18(22-19(25)15-5-3-4-6-16(15)21)20(26)23-10-9-13-11-14(24(27)28)7-8-17(13)23/h3-8,11-12,18H,9-10H2,1-2H3,(H,22,25)/t18-/m0/s1. The van der Waals surface area contributed by atoms with E-state index >= 15 is 0 Å². The zero-order valence-corrected chi connectivity index (χ0v) is 16.3. The van der Waals surface area contributed by atoms with Crippen LogP contribution in [0.5, 0.6) is 0 Å². The summed E-state index contributed by atoms with van der Waals surface area (Å²) >= 11 is 6.08. The normalized spacial score (nSPS) is 13.9. The van der Waals surface area contributed by atoms with Gasteiger partial charge in [-0.25, -0.2) is 0 Å². The molecule has 3 rings (SSSR count). The molecule has 0 spiro atoms. The van der Waals surface area contributed by atoms with E-state index in [0.29, 0.717) is 29.2 Å². The van der Waals surface area contributed by atoms with Gasteiger partial charge in [0.05, 0.1) is 15.5 Å². The fourth-order valence-electron chi connectivity index (χ4n) is 3.28. The Hall–Kier alpha value is -2.93. The van der Waals surface area contributed by atoms with Crippen LogP contribution >= 0.6 is 11.6 Å². The van der Waals surface area contributed by atoms with Crippen molar-refractivity contribution in [2.24, 2.45) is 5.92 Å². The average Bonchev–Trinajstić information content (AvgIpc) is 3.08. The molecule has 2 aromatic carbocycles. The molecule has 0 fully saturated rings. The van der Waals surface area contributed by atoms with Gasteiger partial charge in [-0.15, -0.1) is 0 Å². The lowest BCUT2D eigenvalue weighted by molar-refractivity contribution is -0.384. The molecule has 0 unspecified atom stereocenters. The Kier molecular flexibility index (Phi) is 5.65. The van der Waals surface area contributed by atoms with E-state index < -0.39 is 16.9 Å². The number of nitro groups is 1. The van der Waals surface area contributed by atoms with Crippen LogP contribution in [0, 0.1) is 16.0 Å². The summed E-state index contributed by atoms with van der Waals surface area (Å²) in [6.07, 6.45) is 0.534. The molecular weight excluding hydrogens is 382 g/mol. The van der Waals surface area contributed by atoms with E-state index in [9.17, 15) is 19.7 Å². The highest BCUT2D eigenvalue weighted by atomic mass is 35.5. The molecular formula is C20H20ClN3O4. The number of rotatable bonds is 5. The first-order chi connectivity index (χ1) is 13.3. The van der Waals surface area contributed by atoms with Gasteiger partial charge in [0.1, 0.15) is 6.04 Å². The molecule has 1 aliphatic heterocycles. The summed E-state index contributed by atoms with van der Waals surface area (Å²) < 4.78 is 0. The van der Waals surface area contributed by atoms with Crippen molar-refractivity contribution in [3.8, 4) is 0 Å². The first kappa shape index (κ1) is 19.8. The maximum atomic E-state index is 13.2. The average molecular weight is 402 g/mol. The third-order valence-electron chi connectivity index (χ3n) is 4.77. The summed E-state index contributed by atoms with van der Waals surface area (Å²) in [5.74, 6) is -0.815. The van der Waals surface area contributed by atoms with E-state index in [1.165, 1.54) is 12.1 Å². The number of carbonyl (C=O) groups excluding carboxylic acids is 2. The molecule has 1 atom stereocenters. The van der Waals surface area contributed by atoms with Crippen LogP contribution in [0.2, 0.25) is 5.02 Å². The van der Waals surface area contributed by atoms with Crippen molar-refractivity contribution in [3.63, 3.8) is 0 Å². The summed E-state index contributed by atoms with van der Waals surface area (Å²) in [5, 5.41) is 14.1. The zero-order valence-electron chi connectivity index (χ0n) is 15.5. The number of nitrogens with zero attached hydrogens (tertiary/aromatic N) is 2. The molecule has 0 aliphatic carbocycles. The van der Waals surface area contributed by atoms with Crippen molar-refractivity contribution < 1.29 is 14.5 Å². The van der Waals surface area contributed by atoms with Gasteiger partial charge in [0.2, 0.25) is 5.91 Å². The maximum Gasteiger partial charge on any atom is 0.269 e. The molecule has 1 N–H and O–H groups in total. The molecule has 0 saturated carbocycles. The topological polar surface area (TPSA) is 92.6 Å². The minimum Gasteiger partial charge on any atom is -0.340 e. The molecule has 2 amide bonds. The minimum absolute atomic E-state index is 0.000445. The Labute approximate surface area is 167 Å². The Morgan fingerprint density at radius 3 is 2.57 bits per heavy atom. The third kappa shape index (κ3) is 3.84. The second-order valence-electron chi connectivity index (χ2n) is 6.98. The van der Waals surface area contributed by atoms with E-state index in [0.717, 1.165) is 5.56 Å². The van der Waals surface area contributed by atoms with Crippen LogP contribution < -0.4 is 10.2 Å². The molecule has 1 heterocycles. The number of benzene rings is 2. The molecule has 7 nitrogen and oxygen atoms in total. The maximum absolute atomic E-state index is 13.2. The van der Waals surface area contributed by atoms with Gasteiger partial charge in [-0.1, -0.05) is 37.6 Å². The van der Waals surface area contributed by atoms with Gasteiger partial charge in [0, 0.05) is 24.4 Å². The minimum atomic E-state index is -0.745. The summed E-state index contributed by atoms with van der Waals surface area (Å²) in [6.45, 7) is 4.12. The van der Waals surface area contributed by atoms with Gasteiger partial charge in [0.25, 0.3) is 11.6 Å². The van der Waals surface area contributed by atoms with Crippen LogP contribution in [-0.2, 0) is 11.2 Å². The van der Waals surface area contributed by atoms with Gasteiger partial charge in [-0.3, -0.25) is 19.7 Å². The summed E-state index contributed by atoms with van der Waals surface area (Å²) in [5.41, 5.74) is 1.70. The monoisotopic (exact) mass is 401 g/mol. The van der Waals surface area contributed by atoms with Crippen molar-refractivity contribution in [2.45, 2.75) is 26.3 Å². The number of non-ortho nitro benzene ring substituents is 1. The number of hydrogen-bond acceptors (Lipinski definition) is 4. The van der Waals surface area contributed by atoms with Gasteiger partial charge >= 0.3 is 0 Å². The summed E-state index contributed by atoms with van der Waals surface area (Å²) in [4.78, 5) is 37.9. The molecule has 1 aliphatic rings. The highest BCUT2D eigenvalue weighted by Crippen LogP contribution is 2.32. The van der Waals surface area contributed by atoms with E-state index in [-0.39, 0.29) is 17.5 Å². The van der Waals surface area contributed by atoms with Crippen LogP contribution in [0.3, 0.4) is 0 Å². The van der Waals surface area contributed by atoms with Crippen LogP contribution in [0.25, 0.3) is 0 Å².